The van der Waals surface area contributed by atoms with Crippen LogP contribution in [-0.2, 0) is 4.79 Å². The third-order valence-corrected chi connectivity index (χ3v) is 3.63. The Labute approximate surface area is 117 Å². The van der Waals surface area contributed by atoms with E-state index in [4.69, 9.17) is 0 Å². The standard InChI is InChI=1S/C14H18N4O2/c19-13(18-11-2-1-5-17-14(11)20)9-3-4-10-12(8-9)16-7-6-15-10/h3-4,8,11,15-16H,1-2,5-7H2,(H,17,20)(H,18,19). The minimum absolute atomic E-state index is 0.0950. The van der Waals surface area contributed by atoms with Crippen LogP contribution in [0, 0.1) is 0 Å². The first kappa shape index (κ1) is 12.8. The molecule has 1 saturated heterocycles. The summed E-state index contributed by atoms with van der Waals surface area (Å²) in [4.78, 5) is 23.9. The lowest BCUT2D eigenvalue weighted by molar-refractivity contribution is -0.124. The van der Waals surface area contributed by atoms with Crippen LogP contribution in [0.5, 0.6) is 0 Å². The van der Waals surface area contributed by atoms with Crippen LogP contribution >= 0.6 is 0 Å². The molecular formula is C14H18N4O2. The van der Waals surface area contributed by atoms with Crippen molar-refractivity contribution >= 4 is 23.2 Å². The molecule has 0 saturated carbocycles. The molecule has 2 aliphatic heterocycles. The third kappa shape index (κ3) is 2.54. The highest BCUT2D eigenvalue weighted by Gasteiger charge is 2.24. The number of hydrogen-bond donors (Lipinski definition) is 4. The summed E-state index contributed by atoms with van der Waals surface area (Å²) in [5.74, 6) is -0.301. The molecule has 0 radical (unpaired) electrons. The van der Waals surface area contributed by atoms with Gasteiger partial charge in [0.05, 0.1) is 11.4 Å². The SMILES string of the molecule is O=C(NC1CCCNC1=O)c1ccc2c(c1)NCCN2. The number of carbonyl (C=O) groups is 2. The lowest BCUT2D eigenvalue weighted by Gasteiger charge is -2.23. The van der Waals surface area contributed by atoms with Crippen molar-refractivity contribution in [2.45, 2.75) is 18.9 Å². The van der Waals surface area contributed by atoms with E-state index in [0.717, 1.165) is 30.9 Å². The number of amides is 2. The number of hydrogen-bond acceptors (Lipinski definition) is 4. The van der Waals surface area contributed by atoms with Crippen LogP contribution in [0.4, 0.5) is 11.4 Å². The fourth-order valence-electron chi connectivity index (χ4n) is 2.53. The molecule has 2 amide bonds. The summed E-state index contributed by atoms with van der Waals surface area (Å²) in [6.07, 6.45) is 1.59. The molecular weight excluding hydrogens is 256 g/mol. The molecule has 20 heavy (non-hydrogen) atoms. The van der Waals surface area contributed by atoms with E-state index in [-0.39, 0.29) is 11.8 Å². The number of fused-ring (bicyclic) bond motifs is 1. The molecule has 1 atom stereocenters. The van der Waals surface area contributed by atoms with E-state index in [1.807, 2.05) is 12.1 Å². The van der Waals surface area contributed by atoms with Gasteiger partial charge in [0.2, 0.25) is 5.91 Å². The maximum atomic E-state index is 12.2. The van der Waals surface area contributed by atoms with Gasteiger partial charge in [0, 0.05) is 25.2 Å². The summed E-state index contributed by atoms with van der Waals surface area (Å²) in [6.45, 7) is 2.41. The number of rotatable bonds is 2. The second-order valence-corrected chi connectivity index (χ2v) is 5.07. The van der Waals surface area contributed by atoms with Gasteiger partial charge in [0.15, 0.2) is 0 Å². The largest absolute Gasteiger partial charge is 0.382 e. The minimum atomic E-state index is -0.418. The summed E-state index contributed by atoms with van der Waals surface area (Å²) in [6, 6.07) is 5.06. The van der Waals surface area contributed by atoms with Crippen molar-refractivity contribution in [3.8, 4) is 0 Å². The first-order valence-electron chi connectivity index (χ1n) is 6.94. The van der Waals surface area contributed by atoms with Gasteiger partial charge in [-0.15, -0.1) is 0 Å². The monoisotopic (exact) mass is 274 g/mol. The normalized spacial score (nSPS) is 21.0. The van der Waals surface area contributed by atoms with Crippen LogP contribution in [0.25, 0.3) is 0 Å². The van der Waals surface area contributed by atoms with E-state index in [9.17, 15) is 9.59 Å². The van der Waals surface area contributed by atoms with Crippen molar-refractivity contribution in [2.24, 2.45) is 0 Å². The predicted molar refractivity (Wildman–Crippen MR) is 76.9 cm³/mol. The summed E-state index contributed by atoms with van der Waals surface area (Å²) in [5, 5.41) is 12.1. The molecule has 6 heteroatoms. The summed E-state index contributed by atoms with van der Waals surface area (Å²) in [5.41, 5.74) is 2.50. The Morgan fingerprint density at radius 2 is 1.90 bits per heavy atom. The molecule has 2 aliphatic rings. The Kier molecular flexibility index (Phi) is 3.45. The Balaban J connectivity index is 1.72. The van der Waals surface area contributed by atoms with Gasteiger partial charge in [-0.05, 0) is 31.0 Å². The van der Waals surface area contributed by atoms with E-state index in [0.29, 0.717) is 18.5 Å². The number of benzene rings is 1. The number of carbonyl (C=O) groups excluding carboxylic acids is 2. The van der Waals surface area contributed by atoms with Crippen molar-refractivity contribution < 1.29 is 9.59 Å². The van der Waals surface area contributed by atoms with Gasteiger partial charge < -0.3 is 21.3 Å². The zero-order valence-electron chi connectivity index (χ0n) is 11.2. The smallest absolute Gasteiger partial charge is 0.252 e. The summed E-state index contributed by atoms with van der Waals surface area (Å²) in [7, 11) is 0. The molecule has 2 heterocycles. The molecule has 0 aromatic heterocycles. The minimum Gasteiger partial charge on any atom is -0.382 e. The van der Waals surface area contributed by atoms with Gasteiger partial charge in [0.25, 0.3) is 5.91 Å². The zero-order valence-corrected chi connectivity index (χ0v) is 11.2. The Morgan fingerprint density at radius 3 is 2.70 bits per heavy atom. The molecule has 1 fully saturated rings. The molecule has 0 bridgehead atoms. The fraction of sp³-hybridized carbons (Fsp3) is 0.429. The number of anilines is 2. The second-order valence-electron chi connectivity index (χ2n) is 5.07. The average molecular weight is 274 g/mol. The van der Waals surface area contributed by atoms with E-state index >= 15 is 0 Å². The molecule has 1 unspecified atom stereocenters. The maximum absolute atomic E-state index is 12.2. The molecule has 106 valence electrons. The van der Waals surface area contributed by atoms with Gasteiger partial charge in [-0.25, -0.2) is 0 Å². The summed E-state index contributed by atoms with van der Waals surface area (Å²) < 4.78 is 0. The molecule has 6 nitrogen and oxygen atoms in total. The van der Waals surface area contributed by atoms with Crippen molar-refractivity contribution in [1.82, 2.24) is 10.6 Å². The van der Waals surface area contributed by atoms with E-state index in [1.165, 1.54) is 0 Å². The second kappa shape index (κ2) is 5.40. The molecule has 4 N–H and O–H groups in total. The maximum Gasteiger partial charge on any atom is 0.252 e. The van der Waals surface area contributed by atoms with E-state index < -0.39 is 6.04 Å². The zero-order chi connectivity index (χ0) is 13.9. The van der Waals surface area contributed by atoms with Crippen LogP contribution in [-0.4, -0.2) is 37.5 Å². The van der Waals surface area contributed by atoms with Crippen molar-refractivity contribution in [3.05, 3.63) is 23.8 Å². The summed E-state index contributed by atoms with van der Waals surface area (Å²) >= 11 is 0. The highest BCUT2D eigenvalue weighted by atomic mass is 16.2. The van der Waals surface area contributed by atoms with Crippen LogP contribution in [0.1, 0.15) is 23.2 Å². The first-order valence-corrected chi connectivity index (χ1v) is 6.94. The Hall–Kier alpha value is -2.24. The molecule has 1 aromatic rings. The lowest BCUT2D eigenvalue weighted by atomic mass is 10.1. The molecule has 0 aliphatic carbocycles. The van der Waals surface area contributed by atoms with E-state index in [2.05, 4.69) is 21.3 Å². The average Bonchev–Trinajstić information content (AvgIpc) is 2.49. The van der Waals surface area contributed by atoms with Crippen molar-refractivity contribution in [3.63, 3.8) is 0 Å². The van der Waals surface area contributed by atoms with Crippen LogP contribution in [0.15, 0.2) is 18.2 Å². The number of piperidine rings is 1. The van der Waals surface area contributed by atoms with Gasteiger partial charge in [0.1, 0.15) is 6.04 Å². The first-order chi connectivity index (χ1) is 9.74. The predicted octanol–water partition coefficient (Wildman–Crippen LogP) is 0.532. The third-order valence-electron chi connectivity index (χ3n) is 3.63. The quantitative estimate of drug-likeness (QED) is 0.634. The fourth-order valence-corrected chi connectivity index (χ4v) is 2.53. The molecule has 1 aromatic carbocycles. The Morgan fingerprint density at radius 1 is 1.10 bits per heavy atom. The lowest BCUT2D eigenvalue weighted by Crippen LogP contribution is -2.50. The van der Waals surface area contributed by atoms with E-state index in [1.54, 1.807) is 6.07 Å². The van der Waals surface area contributed by atoms with Crippen molar-refractivity contribution in [2.75, 3.05) is 30.3 Å². The highest BCUT2D eigenvalue weighted by molar-refractivity contribution is 5.99. The van der Waals surface area contributed by atoms with Gasteiger partial charge >= 0.3 is 0 Å². The van der Waals surface area contributed by atoms with Crippen molar-refractivity contribution in [1.29, 1.82) is 0 Å². The highest BCUT2D eigenvalue weighted by Crippen LogP contribution is 2.25. The Bertz CT molecular complexity index is 544. The van der Waals surface area contributed by atoms with Crippen LogP contribution in [0.2, 0.25) is 0 Å². The van der Waals surface area contributed by atoms with Crippen LogP contribution < -0.4 is 21.3 Å². The van der Waals surface area contributed by atoms with Gasteiger partial charge in [-0.1, -0.05) is 0 Å². The van der Waals surface area contributed by atoms with Gasteiger partial charge in [-0.2, -0.15) is 0 Å². The topological polar surface area (TPSA) is 82.3 Å². The molecule has 3 rings (SSSR count). The molecule has 0 spiro atoms. The van der Waals surface area contributed by atoms with Crippen LogP contribution in [0.3, 0.4) is 0 Å². The number of nitrogens with one attached hydrogen (secondary N) is 4. The van der Waals surface area contributed by atoms with Gasteiger partial charge in [-0.3, -0.25) is 9.59 Å².